The van der Waals surface area contributed by atoms with Crippen LogP contribution in [0.3, 0.4) is 0 Å². The van der Waals surface area contributed by atoms with Gasteiger partial charge in [-0.25, -0.2) is 9.18 Å². The lowest BCUT2D eigenvalue weighted by molar-refractivity contribution is -0.137. The molecular weight excluding hydrogens is 265 g/mol. The molecule has 0 atom stereocenters. The highest BCUT2D eigenvalue weighted by Crippen LogP contribution is 2.16. The summed E-state index contributed by atoms with van der Waals surface area (Å²) in [6.07, 6.45) is -0.171. The molecule has 0 fully saturated rings. The Labute approximate surface area is 115 Å². The van der Waals surface area contributed by atoms with Crippen molar-refractivity contribution in [1.82, 2.24) is 4.90 Å². The third-order valence-electron chi connectivity index (χ3n) is 2.61. The lowest BCUT2D eigenvalue weighted by Gasteiger charge is -2.20. The van der Waals surface area contributed by atoms with Crippen LogP contribution in [0.4, 0.5) is 14.9 Å². The predicted octanol–water partition coefficient (Wildman–Crippen LogP) is 2.03. The number of benzene rings is 1. The number of carbonyl (C=O) groups excluding carboxylic acids is 1. The van der Waals surface area contributed by atoms with Crippen LogP contribution < -0.4 is 5.32 Å². The summed E-state index contributed by atoms with van der Waals surface area (Å²) in [7, 11) is 0. The van der Waals surface area contributed by atoms with Crippen LogP contribution in [0, 0.1) is 17.1 Å². The Hall–Kier alpha value is -2.62. The van der Waals surface area contributed by atoms with E-state index in [1.165, 1.54) is 11.0 Å². The van der Waals surface area contributed by atoms with Gasteiger partial charge in [0.05, 0.1) is 17.7 Å². The highest BCUT2D eigenvalue weighted by Gasteiger charge is 2.15. The molecule has 1 aromatic carbocycles. The first kappa shape index (κ1) is 15.4. The van der Waals surface area contributed by atoms with Crippen LogP contribution in [0.1, 0.15) is 18.9 Å². The summed E-state index contributed by atoms with van der Waals surface area (Å²) >= 11 is 0. The van der Waals surface area contributed by atoms with Gasteiger partial charge in [-0.15, -0.1) is 0 Å². The number of carboxylic acids is 1. The van der Waals surface area contributed by atoms with E-state index in [0.717, 1.165) is 12.1 Å². The van der Waals surface area contributed by atoms with Crippen molar-refractivity contribution in [2.24, 2.45) is 0 Å². The number of carboxylic acid groups (broad SMARTS) is 1. The second-order valence-electron chi connectivity index (χ2n) is 3.96. The molecule has 0 heterocycles. The first-order valence-electron chi connectivity index (χ1n) is 5.95. The van der Waals surface area contributed by atoms with Gasteiger partial charge in [-0.1, -0.05) is 0 Å². The van der Waals surface area contributed by atoms with Crippen LogP contribution in [0.5, 0.6) is 0 Å². The Morgan fingerprint density at radius 3 is 2.75 bits per heavy atom. The normalized spacial score (nSPS) is 9.65. The third kappa shape index (κ3) is 4.24. The third-order valence-corrected chi connectivity index (χ3v) is 2.61. The molecule has 0 aliphatic heterocycles. The molecular formula is C13H14FN3O3. The van der Waals surface area contributed by atoms with E-state index < -0.39 is 17.8 Å². The van der Waals surface area contributed by atoms with Crippen LogP contribution in [0.2, 0.25) is 0 Å². The van der Waals surface area contributed by atoms with Gasteiger partial charge in [0.2, 0.25) is 0 Å². The SMILES string of the molecule is CCN(CCC(=O)O)C(=O)Nc1ccc(F)cc1C#N. The van der Waals surface area contributed by atoms with E-state index in [4.69, 9.17) is 10.4 Å². The Kier molecular flexibility index (Phi) is 5.47. The fraction of sp³-hybridized carbons (Fsp3) is 0.308. The van der Waals surface area contributed by atoms with Crippen molar-refractivity contribution >= 4 is 17.7 Å². The van der Waals surface area contributed by atoms with Gasteiger partial charge in [-0.2, -0.15) is 5.26 Å². The zero-order chi connectivity index (χ0) is 15.1. The first-order chi connectivity index (χ1) is 9.47. The van der Waals surface area contributed by atoms with Gasteiger partial charge in [-0.3, -0.25) is 4.79 Å². The van der Waals surface area contributed by atoms with Crippen molar-refractivity contribution in [2.75, 3.05) is 18.4 Å². The van der Waals surface area contributed by atoms with Gasteiger partial charge in [-0.05, 0) is 25.1 Å². The van der Waals surface area contributed by atoms with Gasteiger partial charge in [0.1, 0.15) is 11.9 Å². The quantitative estimate of drug-likeness (QED) is 0.862. The molecule has 2 amide bonds. The lowest BCUT2D eigenvalue weighted by Crippen LogP contribution is -2.36. The van der Waals surface area contributed by atoms with Crippen LogP contribution in [0.15, 0.2) is 18.2 Å². The molecule has 6 nitrogen and oxygen atoms in total. The Bertz CT molecular complexity index is 554. The number of amides is 2. The Morgan fingerprint density at radius 2 is 2.20 bits per heavy atom. The number of nitriles is 1. The monoisotopic (exact) mass is 279 g/mol. The number of anilines is 1. The van der Waals surface area contributed by atoms with E-state index in [0.29, 0.717) is 6.54 Å². The molecule has 0 saturated heterocycles. The highest BCUT2D eigenvalue weighted by molar-refractivity contribution is 5.91. The average molecular weight is 279 g/mol. The maximum atomic E-state index is 13.0. The zero-order valence-corrected chi connectivity index (χ0v) is 10.9. The van der Waals surface area contributed by atoms with Gasteiger partial charge in [0.25, 0.3) is 0 Å². The summed E-state index contributed by atoms with van der Waals surface area (Å²) in [5.74, 6) is -1.58. The van der Waals surface area contributed by atoms with Crippen molar-refractivity contribution in [2.45, 2.75) is 13.3 Å². The molecule has 0 aromatic heterocycles. The summed E-state index contributed by atoms with van der Waals surface area (Å²) in [5.41, 5.74) is 0.195. The van der Waals surface area contributed by atoms with Gasteiger partial charge in [0, 0.05) is 13.1 Å². The lowest BCUT2D eigenvalue weighted by atomic mass is 10.2. The van der Waals surface area contributed by atoms with Crippen molar-refractivity contribution in [1.29, 1.82) is 5.26 Å². The molecule has 1 aromatic rings. The highest BCUT2D eigenvalue weighted by atomic mass is 19.1. The zero-order valence-electron chi connectivity index (χ0n) is 10.9. The maximum absolute atomic E-state index is 13.0. The molecule has 0 aliphatic carbocycles. The van der Waals surface area contributed by atoms with E-state index >= 15 is 0 Å². The van der Waals surface area contributed by atoms with Crippen LogP contribution in [-0.4, -0.2) is 35.1 Å². The minimum Gasteiger partial charge on any atom is -0.481 e. The molecule has 1 rings (SSSR count). The molecule has 7 heteroatoms. The van der Waals surface area contributed by atoms with Crippen molar-refractivity contribution in [3.63, 3.8) is 0 Å². The minimum absolute atomic E-state index is 0.00707. The summed E-state index contributed by atoms with van der Waals surface area (Å²) in [4.78, 5) is 23.7. The van der Waals surface area contributed by atoms with E-state index in [1.54, 1.807) is 13.0 Å². The van der Waals surface area contributed by atoms with Crippen LogP contribution >= 0.6 is 0 Å². The molecule has 0 spiro atoms. The van der Waals surface area contributed by atoms with Crippen LogP contribution in [0.25, 0.3) is 0 Å². The summed E-state index contributed by atoms with van der Waals surface area (Å²) in [6.45, 7) is 2.08. The number of urea groups is 1. The van der Waals surface area contributed by atoms with E-state index in [1.807, 2.05) is 0 Å². The Morgan fingerprint density at radius 1 is 1.50 bits per heavy atom. The number of nitrogens with zero attached hydrogens (tertiary/aromatic N) is 2. The Balaban J connectivity index is 2.78. The first-order valence-corrected chi connectivity index (χ1v) is 5.95. The second-order valence-corrected chi connectivity index (χ2v) is 3.96. The number of aliphatic carboxylic acids is 1. The molecule has 0 aliphatic rings. The van der Waals surface area contributed by atoms with E-state index in [-0.39, 0.29) is 24.2 Å². The number of rotatable bonds is 5. The summed E-state index contributed by atoms with van der Waals surface area (Å²) in [5, 5.41) is 19.9. The van der Waals surface area contributed by atoms with E-state index in [2.05, 4.69) is 5.32 Å². The molecule has 2 N–H and O–H groups in total. The summed E-state index contributed by atoms with van der Waals surface area (Å²) < 4.78 is 13.0. The maximum Gasteiger partial charge on any atom is 0.321 e. The van der Waals surface area contributed by atoms with Gasteiger partial charge in [0.15, 0.2) is 0 Å². The van der Waals surface area contributed by atoms with Gasteiger partial charge < -0.3 is 15.3 Å². The fourth-order valence-corrected chi connectivity index (χ4v) is 1.55. The molecule has 20 heavy (non-hydrogen) atoms. The summed E-state index contributed by atoms with van der Waals surface area (Å²) in [6, 6.07) is 4.69. The average Bonchev–Trinajstić information content (AvgIpc) is 2.41. The number of hydrogen-bond donors (Lipinski definition) is 2. The van der Waals surface area contributed by atoms with Crippen molar-refractivity contribution in [3.05, 3.63) is 29.6 Å². The largest absolute Gasteiger partial charge is 0.481 e. The number of hydrogen-bond acceptors (Lipinski definition) is 3. The molecule has 0 bridgehead atoms. The molecule has 0 unspecified atom stereocenters. The predicted molar refractivity (Wildman–Crippen MR) is 69.6 cm³/mol. The minimum atomic E-state index is -1.00. The number of halogens is 1. The molecule has 0 radical (unpaired) electrons. The molecule has 106 valence electrons. The second kappa shape index (κ2) is 7.09. The standard InChI is InChI=1S/C13H14FN3O3/c1-2-17(6-5-12(18)19)13(20)16-11-4-3-10(14)7-9(11)8-15/h3-4,7H,2,5-6H2,1H3,(H,16,20)(H,18,19). The molecule has 0 saturated carbocycles. The van der Waals surface area contributed by atoms with Crippen molar-refractivity contribution < 1.29 is 19.1 Å². The van der Waals surface area contributed by atoms with Crippen LogP contribution in [-0.2, 0) is 4.79 Å². The number of carbonyl (C=O) groups is 2. The number of nitrogens with one attached hydrogen (secondary N) is 1. The van der Waals surface area contributed by atoms with E-state index in [9.17, 15) is 14.0 Å². The fourth-order valence-electron chi connectivity index (χ4n) is 1.55. The van der Waals surface area contributed by atoms with Gasteiger partial charge >= 0.3 is 12.0 Å². The van der Waals surface area contributed by atoms with Crippen molar-refractivity contribution in [3.8, 4) is 6.07 Å². The topological polar surface area (TPSA) is 93.4 Å². The smallest absolute Gasteiger partial charge is 0.321 e.